The van der Waals surface area contributed by atoms with Crippen LogP contribution in [-0.2, 0) is 32.1 Å². The molecule has 2 fully saturated rings. The maximum absolute atomic E-state index is 14.1. The molecule has 11 heteroatoms. The summed E-state index contributed by atoms with van der Waals surface area (Å²) in [5.41, 5.74) is 4.94. The van der Waals surface area contributed by atoms with Gasteiger partial charge in [-0.3, -0.25) is 28.9 Å². The van der Waals surface area contributed by atoms with E-state index in [0.717, 1.165) is 0 Å². The van der Waals surface area contributed by atoms with E-state index >= 15 is 0 Å². The lowest BCUT2D eigenvalue weighted by atomic mass is 9.52. The molecule has 1 heterocycles. The summed E-state index contributed by atoms with van der Waals surface area (Å²) in [4.78, 5) is 70.1. The maximum atomic E-state index is 14.1. The SMILES string of the molecule is CN(C)Cc1cc(-c2ccoc2)c2c(c1O)C(=O)C1C(=O)[C@]3(O)C(=O)C(C(N)=O)C(=O)[C@@H](N(C)C)[C@@H]3C[C@@H]1C2. The first-order valence-corrected chi connectivity index (χ1v) is 12.7. The van der Waals surface area contributed by atoms with Gasteiger partial charge in [-0.1, -0.05) is 0 Å². The fraction of sp³-hybridized carbons (Fsp3) is 0.464. The Balaban J connectivity index is 1.69. The van der Waals surface area contributed by atoms with Crippen LogP contribution in [-0.4, -0.2) is 88.9 Å². The molecule has 11 nitrogen and oxygen atoms in total. The quantitative estimate of drug-likeness (QED) is 0.447. The molecular formula is C28H31N3O8. The summed E-state index contributed by atoms with van der Waals surface area (Å²) >= 11 is 0. The van der Waals surface area contributed by atoms with Crippen molar-refractivity contribution in [2.75, 3.05) is 28.2 Å². The number of phenols is 1. The van der Waals surface area contributed by atoms with E-state index in [1.54, 1.807) is 40.3 Å². The third-order valence-corrected chi connectivity index (χ3v) is 8.46. The van der Waals surface area contributed by atoms with E-state index in [9.17, 15) is 34.2 Å². The number of phenolic OH excluding ortho intramolecular Hbond substituents is 1. The van der Waals surface area contributed by atoms with Crippen LogP contribution in [0.15, 0.2) is 29.1 Å². The number of nitrogens with zero attached hydrogens (tertiary/aromatic N) is 2. The van der Waals surface area contributed by atoms with Crippen molar-refractivity contribution in [3.05, 3.63) is 41.3 Å². The number of hydrogen-bond acceptors (Lipinski definition) is 10. The molecule has 0 aliphatic heterocycles. The average molecular weight is 538 g/mol. The Hall–Kier alpha value is -3.67. The van der Waals surface area contributed by atoms with Gasteiger partial charge in [0.05, 0.1) is 30.0 Å². The molecule has 1 aromatic heterocycles. The lowest BCUT2D eigenvalue weighted by Crippen LogP contribution is -2.74. The van der Waals surface area contributed by atoms with Crippen LogP contribution in [0.4, 0.5) is 0 Å². The van der Waals surface area contributed by atoms with Gasteiger partial charge in [-0.2, -0.15) is 0 Å². The maximum Gasteiger partial charge on any atom is 0.235 e. The van der Waals surface area contributed by atoms with Gasteiger partial charge in [0.15, 0.2) is 34.7 Å². The molecule has 0 saturated heterocycles. The Labute approximate surface area is 224 Å². The van der Waals surface area contributed by atoms with Crippen LogP contribution in [0.1, 0.15) is 27.9 Å². The van der Waals surface area contributed by atoms with Crippen molar-refractivity contribution >= 4 is 29.0 Å². The molecule has 4 N–H and O–H groups in total. The number of rotatable bonds is 5. The van der Waals surface area contributed by atoms with E-state index in [4.69, 9.17) is 10.2 Å². The Morgan fingerprint density at radius 2 is 1.85 bits per heavy atom. The monoisotopic (exact) mass is 537 g/mol. The van der Waals surface area contributed by atoms with Crippen molar-refractivity contribution in [1.82, 2.24) is 9.80 Å². The van der Waals surface area contributed by atoms with Crippen LogP contribution in [0, 0.1) is 23.7 Å². The number of primary amides is 1. The summed E-state index contributed by atoms with van der Waals surface area (Å²) in [5, 5.41) is 23.0. The number of aliphatic hydroxyl groups is 1. The van der Waals surface area contributed by atoms with Crippen LogP contribution in [0.3, 0.4) is 0 Å². The van der Waals surface area contributed by atoms with Crippen LogP contribution >= 0.6 is 0 Å². The molecule has 206 valence electrons. The molecule has 5 rings (SSSR count). The number of ketones is 4. The van der Waals surface area contributed by atoms with E-state index in [1.807, 2.05) is 4.90 Å². The number of Topliss-reactive ketones (excluding diaryl/α,β-unsaturated/α-hetero) is 4. The number of nitrogens with two attached hydrogens (primary N) is 1. The Bertz CT molecular complexity index is 1410. The molecule has 0 spiro atoms. The lowest BCUT2D eigenvalue weighted by molar-refractivity contribution is -0.181. The number of carbonyl (C=O) groups excluding carboxylic acids is 5. The zero-order chi connectivity index (χ0) is 28.5. The minimum Gasteiger partial charge on any atom is -0.507 e. The molecule has 1 amide bonds. The highest BCUT2D eigenvalue weighted by atomic mass is 16.3. The largest absolute Gasteiger partial charge is 0.507 e. The third kappa shape index (κ3) is 3.79. The Morgan fingerprint density at radius 3 is 2.41 bits per heavy atom. The van der Waals surface area contributed by atoms with Crippen molar-refractivity contribution in [2.45, 2.75) is 31.0 Å². The normalized spacial score (nSPS) is 30.4. The highest BCUT2D eigenvalue weighted by Gasteiger charge is 2.69. The number of furan rings is 1. The summed E-state index contributed by atoms with van der Waals surface area (Å²) in [5.74, 6) is -10.6. The van der Waals surface area contributed by atoms with Crippen LogP contribution < -0.4 is 5.73 Å². The highest BCUT2D eigenvalue weighted by molar-refractivity contribution is 6.32. The van der Waals surface area contributed by atoms with Gasteiger partial charge in [0.25, 0.3) is 0 Å². The minimum atomic E-state index is -2.75. The number of hydrogen-bond donors (Lipinski definition) is 3. The number of amides is 1. The molecule has 0 bridgehead atoms. The van der Waals surface area contributed by atoms with Crippen molar-refractivity contribution in [3.8, 4) is 16.9 Å². The van der Waals surface area contributed by atoms with Crippen molar-refractivity contribution in [1.29, 1.82) is 0 Å². The molecule has 6 atom stereocenters. The number of likely N-dealkylation sites (N-methyl/N-ethyl adjacent to an activating group) is 1. The molecule has 2 aromatic rings. The molecule has 1 aromatic carbocycles. The fourth-order valence-electron chi connectivity index (χ4n) is 6.86. The van der Waals surface area contributed by atoms with E-state index in [0.29, 0.717) is 28.8 Å². The second kappa shape index (κ2) is 9.22. The van der Waals surface area contributed by atoms with Crippen molar-refractivity contribution in [3.63, 3.8) is 0 Å². The summed E-state index contributed by atoms with van der Waals surface area (Å²) in [7, 11) is 6.72. The number of carbonyl (C=O) groups is 5. The summed E-state index contributed by atoms with van der Waals surface area (Å²) in [6, 6.07) is 2.38. The van der Waals surface area contributed by atoms with Crippen molar-refractivity contribution in [2.24, 2.45) is 29.4 Å². The Kier molecular flexibility index (Phi) is 6.36. The van der Waals surface area contributed by atoms with Gasteiger partial charge >= 0.3 is 0 Å². The number of aromatic hydroxyl groups is 1. The third-order valence-electron chi connectivity index (χ3n) is 8.46. The number of benzene rings is 1. The molecule has 39 heavy (non-hydrogen) atoms. The smallest absolute Gasteiger partial charge is 0.235 e. The summed E-state index contributed by atoms with van der Waals surface area (Å²) in [6.45, 7) is 0.302. The van der Waals surface area contributed by atoms with E-state index in [2.05, 4.69) is 0 Å². The molecule has 0 radical (unpaired) electrons. The average Bonchev–Trinajstić information content (AvgIpc) is 3.37. The molecule has 3 aliphatic rings. The first-order valence-electron chi connectivity index (χ1n) is 12.7. The highest BCUT2D eigenvalue weighted by Crippen LogP contribution is 2.52. The van der Waals surface area contributed by atoms with Crippen LogP contribution in [0.25, 0.3) is 11.1 Å². The second-order valence-corrected chi connectivity index (χ2v) is 11.3. The zero-order valence-corrected chi connectivity index (χ0v) is 22.1. The van der Waals surface area contributed by atoms with Crippen molar-refractivity contribution < 1.29 is 38.6 Å². The van der Waals surface area contributed by atoms with Gasteiger partial charge in [-0.25, -0.2) is 0 Å². The number of fused-ring (bicyclic) bond motifs is 3. The standard InChI is InChI=1S/C28H31N3O8/c1-30(2)10-14-8-15(12-5-6-39-11-12)16-7-13-9-17-21(31(3)4)24(34)20(27(29)37)26(36)28(17,38)25(35)18(13)23(33)19(16)22(14)32/h5-6,8,11,13,17-18,20-21,32,38H,7,9-10H2,1-4H3,(H2,29,37)/t13-,17-,18?,20?,21-,28-/m0/s1. The van der Waals surface area contributed by atoms with Crippen LogP contribution in [0.5, 0.6) is 5.75 Å². The molecule has 2 saturated carbocycles. The van der Waals surface area contributed by atoms with Gasteiger partial charge in [-0.15, -0.1) is 0 Å². The van der Waals surface area contributed by atoms with E-state index < -0.39 is 64.4 Å². The predicted octanol–water partition coefficient (Wildman–Crippen LogP) is 0.189. The first-order chi connectivity index (χ1) is 18.3. The molecule has 3 aliphatic carbocycles. The predicted molar refractivity (Wildman–Crippen MR) is 136 cm³/mol. The fourth-order valence-corrected chi connectivity index (χ4v) is 6.86. The van der Waals surface area contributed by atoms with Crippen LogP contribution in [0.2, 0.25) is 0 Å². The molecule has 2 unspecified atom stereocenters. The van der Waals surface area contributed by atoms with Gasteiger partial charge < -0.3 is 25.3 Å². The van der Waals surface area contributed by atoms with E-state index in [-0.39, 0.29) is 24.2 Å². The summed E-state index contributed by atoms with van der Waals surface area (Å²) in [6.07, 6.45) is 3.20. The molecular weight excluding hydrogens is 506 g/mol. The summed E-state index contributed by atoms with van der Waals surface area (Å²) < 4.78 is 5.28. The van der Waals surface area contributed by atoms with E-state index in [1.165, 1.54) is 17.4 Å². The topological polar surface area (TPSA) is 171 Å². The van der Waals surface area contributed by atoms with Gasteiger partial charge in [0, 0.05) is 23.6 Å². The van der Waals surface area contributed by atoms with Gasteiger partial charge in [0.1, 0.15) is 5.75 Å². The van der Waals surface area contributed by atoms with Gasteiger partial charge in [0.2, 0.25) is 5.91 Å². The lowest BCUT2D eigenvalue weighted by Gasteiger charge is -2.52. The van der Waals surface area contributed by atoms with Gasteiger partial charge in [-0.05, 0) is 70.2 Å². The first kappa shape index (κ1) is 26.9. The minimum absolute atomic E-state index is 0.00503. The zero-order valence-electron chi connectivity index (χ0n) is 22.1. The Morgan fingerprint density at radius 1 is 1.15 bits per heavy atom. The second-order valence-electron chi connectivity index (χ2n) is 11.3.